The molecule has 2 heteroatoms. The molecular formula is C17H29NO. The third kappa shape index (κ3) is 3.62. The smallest absolute Gasteiger partial charge is 0.105 e. The standard InChI is InChI=1S/C17H29NO/c1-11(2)15-7-6-8-16(10-15)18-13(4)17-9-12(3)19-14(17)5/h9,11,13,15-16,18H,6-8,10H2,1-5H3. The molecule has 0 amide bonds. The Labute approximate surface area is 118 Å². The average Bonchev–Trinajstić information content (AvgIpc) is 2.69. The first-order valence-corrected chi connectivity index (χ1v) is 7.80. The zero-order chi connectivity index (χ0) is 14.0. The summed E-state index contributed by atoms with van der Waals surface area (Å²) in [7, 11) is 0. The van der Waals surface area contributed by atoms with Crippen molar-refractivity contribution in [3.8, 4) is 0 Å². The molecule has 0 aromatic carbocycles. The first kappa shape index (κ1) is 14.6. The Morgan fingerprint density at radius 3 is 2.53 bits per heavy atom. The first-order chi connectivity index (χ1) is 8.97. The van der Waals surface area contributed by atoms with E-state index in [2.05, 4.69) is 39.1 Å². The molecule has 1 aliphatic carbocycles. The van der Waals surface area contributed by atoms with Gasteiger partial charge in [-0.1, -0.05) is 26.7 Å². The van der Waals surface area contributed by atoms with Gasteiger partial charge >= 0.3 is 0 Å². The molecule has 1 N–H and O–H groups in total. The van der Waals surface area contributed by atoms with Crippen molar-refractivity contribution in [2.24, 2.45) is 11.8 Å². The van der Waals surface area contributed by atoms with Gasteiger partial charge in [-0.05, 0) is 51.5 Å². The van der Waals surface area contributed by atoms with Crippen LogP contribution in [0.2, 0.25) is 0 Å². The van der Waals surface area contributed by atoms with Crippen LogP contribution in [0.5, 0.6) is 0 Å². The van der Waals surface area contributed by atoms with Crippen LogP contribution in [-0.4, -0.2) is 6.04 Å². The van der Waals surface area contributed by atoms with E-state index in [1.807, 2.05) is 6.92 Å². The molecule has 2 rings (SSSR count). The Morgan fingerprint density at radius 2 is 1.95 bits per heavy atom. The Kier molecular flexibility index (Phi) is 4.72. The summed E-state index contributed by atoms with van der Waals surface area (Å²) in [4.78, 5) is 0. The molecule has 1 heterocycles. The van der Waals surface area contributed by atoms with Crippen LogP contribution in [0.3, 0.4) is 0 Å². The van der Waals surface area contributed by atoms with Crippen molar-refractivity contribution in [1.82, 2.24) is 5.32 Å². The Bertz CT molecular complexity index is 407. The SMILES string of the molecule is Cc1cc(C(C)NC2CCCC(C(C)C)C2)c(C)o1. The van der Waals surface area contributed by atoms with Crippen LogP contribution in [0.15, 0.2) is 10.5 Å². The predicted octanol–water partition coefficient (Wildman–Crippen LogP) is 4.76. The van der Waals surface area contributed by atoms with Crippen LogP contribution in [0.1, 0.15) is 69.6 Å². The first-order valence-electron chi connectivity index (χ1n) is 7.80. The predicted molar refractivity (Wildman–Crippen MR) is 80.3 cm³/mol. The highest BCUT2D eigenvalue weighted by atomic mass is 16.3. The van der Waals surface area contributed by atoms with E-state index in [1.54, 1.807) is 0 Å². The van der Waals surface area contributed by atoms with Crippen molar-refractivity contribution < 1.29 is 4.42 Å². The van der Waals surface area contributed by atoms with Gasteiger partial charge in [0.25, 0.3) is 0 Å². The quantitative estimate of drug-likeness (QED) is 0.847. The van der Waals surface area contributed by atoms with E-state index in [4.69, 9.17) is 4.42 Å². The fraction of sp³-hybridized carbons (Fsp3) is 0.765. The molecule has 2 nitrogen and oxygen atoms in total. The molecule has 3 unspecified atom stereocenters. The van der Waals surface area contributed by atoms with Crippen molar-refractivity contribution in [2.45, 2.75) is 72.4 Å². The third-order valence-electron chi connectivity index (χ3n) is 4.69. The van der Waals surface area contributed by atoms with Gasteiger partial charge in [-0.25, -0.2) is 0 Å². The van der Waals surface area contributed by atoms with Gasteiger partial charge in [0.2, 0.25) is 0 Å². The molecule has 0 bridgehead atoms. The fourth-order valence-corrected chi connectivity index (χ4v) is 3.51. The topological polar surface area (TPSA) is 25.2 Å². The van der Waals surface area contributed by atoms with E-state index >= 15 is 0 Å². The largest absolute Gasteiger partial charge is 0.466 e. The van der Waals surface area contributed by atoms with Crippen LogP contribution in [-0.2, 0) is 0 Å². The van der Waals surface area contributed by atoms with E-state index in [-0.39, 0.29) is 0 Å². The summed E-state index contributed by atoms with van der Waals surface area (Å²) < 4.78 is 5.64. The van der Waals surface area contributed by atoms with E-state index in [0.29, 0.717) is 12.1 Å². The van der Waals surface area contributed by atoms with Gasteiger partial charge < -0.3 is 9.73 Å². The minimum Gasteiger partial charge on any atom is -0.466 e. The van der Waals surface area contributed by atoms with Crippen molar-refractivity contribution in [2.75, 3.05) is 0 Å². The van der Waals surface area contributed by atoms with Gasteiger partial charge in [0, 0.05) is 17.6 Å². The minimum absolute atomic E-state index is 0.397. The second-order valence-corrected chi connectivity index (χ2v) is 6.62. The molecule has 0 aliphatic heterocycles. The minimum atomic E-state index is 0.397. The zero-order valence-corrected chi connectivity index (χ0v) is 13.1. The number of hydrogen-bond acceptors (Lipinski definition) is 2. The molecule has 1 aromatic heterocycles. The lowest BCUT2D eigenvalue weighted by Crippen LogP contribution is -2.37. The number of furan rings is 1. The number of aryl methyl sites for hydroxylation is 2. The highest BCUT2D eigenvalue weighted by Gasteiger charge is 2.25. The van der Waals surface area contributed by atoms with E-state index in [9.17, 15) is 0 Å². The molecule has 0 saturated heterocycles. The van der Waals surface area contributed by atoms with E-state index in [0.717, 1.165) is 23.4 Å². The summed E-state index contributed by atoms with van der Waals surface area (Å²) in [5.74, 6) is 3.79. The maximum absolute atomic E-state index is 5.64. The summed E-state index contributed by atoms with van der Waals surface area (Å²) >= 11 is 0. The van der Waals surface area contributed by atoms with Crippen LogP contribution in [0.25, 0.3) is 0 Å². The molecule has 1 aliphatic rings. The Morgan fingerprint density at radius 1 is 1.21 bits per heavy atom. The fourth-order valence-electron chi connectivity index (χ4n) is 3.51. The molecule has 0 radical (unpaired) electrons. The third-order valence-corrected chi connectivity index (χ3v) is 4.69. The lowest BCUT2D eigenvalue weighted by molar-refractivity contribution is 0.222. The van der Waals surface area contributed by atoms with Gasteiger partial charge in [-0.2, -0.15) is 0 Å². The number of rotatable bonds is 4. The van der Waals surface area contributed by atoms with Crippen molar-refractivity contribution in [3.05, 3.63) is 23.2 Å². The Hall–Kier alpha value is -0.760. The normalized spacial score (nSPS) is 25.8. The lowest BCUT2D eigenvalue weighted by Gasteiger charge is -2.33. The Balaban J connectivity index is 1.95. The molecule has 1 saturated carbocycles. The molecule has 1 fully saturated rings. The van der Waals surface area contributed by atoms with Gasteiger partial charge in [0.1, 0.15) is 11.5 Å². The maximum Gasteiger partial charge on any atom is 0.105 e. The molecule has 0 spiro atoms. The van der Waals surface area contributed by atoms with E-state index in [1.165, 1.54) is 31.2 Å². The molecule has 108 valence electrons. The van der Waals surface area contributed by atoms with Crippen LogP contribution >= 0.6 is 0 Å². The van der Waals surface area contributed by atoms with Crippen molar-refractivity contribution in [1.29, 1.82) is 0 Å². The highest BCUT2D eigenvalue weighted by Crippen LogP contribution is 2.31. The lowest BCUT2D eigenvalue weighted by atomic mass is 9.79. The monoisotopic (exact) mass is 263 g/mol. The summed E-state index contributed by atoms with van der Waals surface area (Å²) in [6, 6.07) is 3.24. The number of hydrogen-bond donors (Lipinski definition) is 1. The van der Waals surface area contributed by atoms with Crippen LogP contribution in [0, 0.1) is 25.7 Å². The highest BCUT2D eigenvalue weighted by molar-refractivity contribution is 5.23. The molecule has 1 aromatic rings. The van der Waals surface area contributed by atoms with Crippen LogP contribution < -0.4 is 5.32 Å². The second-order valence-electron chi connectivity index (χ2n) is 6.62. The summed E-state index contributed by atoms with van der Waals surface area (Å²) in [5.41, 5.74) is 1.32. The van der Waals surface area contributed by atoms with Gasteiger partial charge in [0.05, 0.1) is 0 Å². The van der Waals surface area contributed by atoms with Gasteiger partial charge in [-0.3, -0.25) is 0 Å². The zero-order valence-electron chi connectivity index (χ0n) is 13.1. The summed E-state index contributed by atoms with van der Waals surface area (Å²) in [6.07, 6.45) is 5.44. The molecule has 3 atom stereocenters. The van der Waals surface area contributed by atoms with Gasteiger partial charge in [-0.15, -0.1) is 0 Å². The van der Waals surface area contributed by atoms with E-state index < -0.39 is 0 Å². The number of nitrogens with one attached hydrogen (secondary N) is 1. The molecule has 19 heavy (non-hydrogen) atoms. The summed E-state index contributed by atoms with van der Waals surface area (Å²) in [6.45, 7) is 11.1. The maximum atomic E-state index is 5.64. The summed E-state index contributed by atoms with van der Waals surface area (Å²) in [5, 5.41) is 3.81. The van der Waals surface area contributed by atoms with Crippen molar-refractivity contribution in [3.63, 3.8) is 0 Å². The second kappa shape index (κ2) is 6.13. The average molecular weight is 263 g/mol. The van der Waals surface area contributed by atoms with Crippen LogP contribution in [0.4, 0.5) is 0 Å². The van der Waals surface area contributed by atoms with Crippen molar-refractivity contribution >= 4 is 0 Å². The molecular weight excluding hydrogens is 234 g/mol. The van der Waals surface area contributed by atoms with Gasteiger partial charge in [0.15, 0.2) is 0 Å².